The average molecular weight is 135 g/mol. The van der Waals surface area contributed by atoms with Crippen molar-refractivity contribution < 1.29 is 14.6 Å². The first-order valence-corrected chi connectivity index (χ1v) is 2.34. The third kappa shape index (κ3) is 0.700. The van der Waals surface area contributed by atoms with E-state index in [4.69, 9.17) is 16.7 Å². The van der Waals surface area contributed by atoms with Crippen LogP contribution in [0.3, 0.4) is 0 Å². The lowest BCUT2D eigenvalue weighted by molar-refractivity contribution is -0.142. The van der Waals surface area contributed by atoms with Crippen LogP contribution in [0.25, 0.3) is 0 Å². The van der Waals surface area contributed by atoms with E-state index >= 15 is 0 Å². The van der Waals surface area contributed by atoms with Gasteiger partial charge in [-0.3, -0.25) is 0 Å². The third-order valence-corrected chi connectivity index (χ3v) is 1.07. The largest absolute Gasteiger partial charge is 0.431 e. The van der Waals surface area contributed by atoms with Gasteiger partial charge in [0.05, 0.1) is 5.03 Å². The quantitative estimate of drug-likeness (QED) is 0.474. The van der Waals surface area contributed by atoms with Gasteiger partial charge in [-0.05, 0) is 0 Å². The van der Waals surface area contributed by atoms with E-state index in [-0.39, 0.29) is 5.03 Å². The average Bonchev–Trinajstić information content (AvgIpc) is 1.98. The molecule has 1 rings (SSSR count). The van der Waals surface area contributed by atoms with Crippen molar-refractivity contribution in [2.24, 2.45) is 0 Å². The first-order chi connectivity index (χ1) is 3.72. The van der Waals surface area contributed by atoms with Crippen molar-refractivity contribution in [1.82, 2.24) is 0 Å². The molecule has 1 atom stereocenters. The van der Waals surface area contributed by atoms with Gasteiger partial charge in [-0.25, -0.2) is 4.79 Å². The maximum absolute atomic E-state index is 10.2. The second-order valence-electron chi connectivity index (χ2n) is 1.34. The first kappa shape index (κ1) is 5.59. The Labute approximate surface area is 50.5 Å². The van der Waals surface area contributed by atoms with Gasteiger partial charge in [0.2, 0.25) is 0 Å². The number of rotatable bonds is 0. The summed E-state index contributed by atoms with van der Waals surface area (Å²) in [5, 5.41) is 8.63. The van der Waals surface area contributed by atoms with Crippen LogP contribution in [-0.2, 0) is 9.53 Å². The molecule has 44 valence electrons. The molecule has 1 heterocycles. The maximum atomic E-state index is 10.2. The molecule has 0 saturated carbocycles. The summed E-state index contributed by atoms with van der Waals surface area (Å²) in [5.41, 5.74) is 0. The zero-order valence-corrected chi connectivity index (χ0v) is 4.55. The number of esters is 1. The van der Waals surface area contributed by atoms with Gasteiger partial charge < -0.3 is 9.84 Å². The van der Waals surface area contributed by atoms with Crippen LogP contribution in [0.5, 0.6) is 0 Å². The number of aliphatic hydroxyl groups excluding tert-OH is 1. The monoisotopic (exact) mass is 134 g/mol. The molecular formula is C4H3ClO3. The highest BCUT2D eigenvalue weighted by molar-refractivity contribution is 6.32. The Hall–Kier alpha value is -0.540. The van der Waals surface area contributed by atoms with Gasteiger partial charge in [-0.2, -0.15) is 0 Å². The van der Waals surface area contributed by atoms with Crippen LogP contribution >= 0.6 is 11.6 Å². The summed E-state index contributed by atoms with van der Waals surface area (Å²) in [7, 11) is 0. The molecule has 4 heteroatoms. The van der Waals surface area contributed by atoms with Crippen LogP contribution in [0.15, 0.2) is 11.3 Å². The van der Waals surface area contributed by atoms with Gasteiger partial charge in [0.1, 0.15) is 6.26 Å². The molecule has 1 aliphatic rings. The van der Waals surface area contributed by atoms with E-state index in [0.717, 1.165) is 6.26 Å². The fourth-order valence-corrected chi connectivity index (χ4v) is 0.489. The van der Waals surface area contributed by atoms with Gasteiger partial charge in [0.25, 0.3) is 0 Å². The zero-order chi connectivity index (χ0) is 6.15. The zero-order valence-electron chi connectivity index (χ0n) is 3.80. The second kappa shape index (κ2) is 1.76. The molecule has 0 aromatic carbocycles. The molecule has 3 nitrogen and oxygen atoms in total. The molecular weight excluding hydrogens is 131 g/mol. The SMILES string of the molecule is O=C1OC=C(Cl)C1O. The highest BCUT2D eigenvalue weighted by Crippen LogP contribution is 2.15. The molecule has 0 aromatic rings. The van der Waals surface area contributed by atoms with Gasteiger partial charge in [0.15, 0.2) is 6.10 Å². The Balaban J connectivity index is 2.72. The van der Waals surface area contributed by atoms with Crippen molar-refractivity contribution in [1.29, 1.82) is 0 Å². The molecule has 0 aromatic heterocycles. The molecule has 1 aliphatic heterocycles. The van der Waals surface area contributed by atoms with E-state index < -0.39 is 12.1 Å². The Morgan fingerprint density at radius 1 is 1.88 bits per heavy atom. The topological polar surface area (TPSA) is 46.5 Å². The molecule has 0 radical (unpaired) electrons. The summed E-state index contributed by atoms with van der Waals surface area (Å²) in [6.07, 6.45) is -0.231. The highest BCUT2D eigenvalue weighted by atomic mass is 35.5. The molecule has 1 unspecified atom stereocenters. The van der Waals surface area contributed by atoms with Crippen LogP contribution in [0.1, 0.15) is 0 Å². The number of carbonyl (C=O) groups excluding carboxylic acids is 1. The summed E-state index contributed by atoms with van der Waals surface area (Å²) in [6, 6.07) is 0. The van der Waals surface area contributed by atoms with Crippen molar-refractivity contribution in [2.75, 3.05) is 0 Å². The normalized spacial score (nSPS) is 27.5. The summed E-state index contributed by atoms with van der Waals surface area (Å²) in [5.74, 6) is -0.713. The van der Waals surface area contributed by atoms with E-state index in [1.807, 2.05) is 0 Å². The van der Waals surface area contributed by atoms with Crippen LogP contribution < -0.4 is 0 Å². The first-order valence-electron chi connectivity index (χ1n) is 1.96. The van der Waals surface area contributed by atoms with E-state index in [1.54, 1.807) is 0 Å². The molecule has 0 bridgehead atoms. The number of aliphatic hydroxyl groups is 1. The Morgan fingerprint density at radius 2 is 2.50 bits per heavy atom. The van der Waals surface area contributed by atoms with Crippen molar-refractivity contribution in [3.63, 3.8) is 0 Å². The fourth-order valence-electron chi connectivity index (χ4n) is 0.356. The van der Waals surface area contributed by atoms with Gasteiger partial charge in [-0.1, -0.05) is 11.6 Å². The molecule has 8 heavy (non-hydrogen) atoms. The number of carbonyl (C=O) groups is 1. The van der Waals surface area contributed by atoms with E-state index in [9.17, 15) is 4.79 Å². The number of hydrogen-bond donors (Lipinski definition) is 1. The molecule has 0 saturated heterocycles. The Morgan fingerprint density at radius 3 is 2.62 bits per heavy atom. The lowest BCUT2D eigenvalue weighted by atomic mass is 10.4. The standard InChI is InChI=1S/C4H3ClO3/c5-2-1-8-4(7)3(2)6/h1,3,6H. The van der Waals surface area contributed by atoms with Crippen molar-refractivity contribution in [2.45, 2.75) is 6.10 Å². The lowest BCUT2D eigenvalue weighted by Crippen LogP contribution is -2.14. The molecule has 0 spiro atoms. The number of halogens is 1. The summed E-state index contributed by atoms with van der Waals surface area (Å²) >= 11 is 5.22. The molecule has 0 amide bonds. The van der Waals surface area contributed by atoms with Gasteiger partial charge >= 0.3 is 5.97 Å². The van der Waals surface area contributed by atoms with Gasteiger partial charge in [0, 0.05) is 0 Å². The van der Waals surface area contributed by atoms with Crippen LogP contribution in [0.2, 0.25) is 0 Å². The lowest BCUT2D eigenvalue weighted by Gasteiger charge is -1.92. The van der Waals surface area contributed by atoms with Crippen molar-refractivity contribution >= 4 is 17.6 Å². The summed E-state index contributed by atoms with van der Waals surface area (Å²) < 4.78 is 4.19. The van der Waals surface area contributed by atoms with Crippen molar-refractivity contribution in [3.8, 4) is 0 Å². The Kier molecular flexibility index (Phi) is 1.23. The maximum Gasteiger partial charge on any atom is 0.345 e. The number of hydrogen-bond acceptors (Lipinski definition) is 3. The number of cyclic esters (lactones) is 1. The predicted molar refractivity (Wildman–Crippen MR) is 26.0 cm³/mol. The highest BCUT2D eigenvalue weighted by Gasteiger charge is 2.25. The Bertz CT molecular complexity index is 151. The molecule has 0 fully saturated rings. The predicted octanol–water partition coefficient (Wildman–Crippen LogP) is -0.0157. The third-order valence-electron chi connectivity index (χ3n) is 0.772. The van der Waals surface area contributed by atoms with Gasteiger partial charge in [-0.15, -0.1) is 0 Å². The van der Waals surface area contributed by atoms with Crippen molar-refractivity contribution in [3.05, 3.63) is 11.3 Å². The second-order valence-corrected chi connectivity index (χ2v) is 1.78. The van der Waals surface area contributed by atoms with E-state index in [0.29, 0.717) is 0 Å². The van der Waals surface area contributed by atoms with E-state index in [1.165, 1.54) is 0 Å². The minimum atomic E-state index is -1.25. The van der Waals surface area contributed by atoms with E-state index in [2.05, 4.69) is 4.74 Å². The van der Waals surface area contributed by atoms with Crippen LogP contribution in [0, 0.1) is 0 Å². The smallest absolute Gasteiger partial charge is 0.345 e. The molecule has 1 N–H and O–H groups in total. The minimum Gasteiger partial charge on any atom is -0.431 e. The van der Waals surface area contributed by atoms with Crippen LogP contribution in [0.4, 0.5) is 0 Å². The number of ether oxygens (including phenoxy) is 1. The summed E-state index contributed by atoms with van der Waals surface area (Å²) in [4.78, 5) is 10.2. The molecule has 0 aliphatic carbocycles. The van der Waals surface area contributed by atoms with Crippen LogP contribution in [-0.4, -0.2) is 17.2 Å². The summed E-state index contributed by atoms with van der Waals surface area (Å²) in [6.45, 7) is 0. The minimum absolute atomic E-state index is 0.0370. The fraction of sp³-hybridized carbons (Fsp3) is 0.250.